The lowest BCUT2D eigenvalue weighted by atomic mass is 9.89. The largest absolute Gasteiger partial charge is 0.401 e. The summed E-state index contributed by atoms with van der Waals surface area (Å²) in [5.74, 6) is 0.418. The fourth-order valence-corrected chi connectivity index (χ4v) is 3.03. The van der Waals surface area contributed by atoms with Crippen LogP contribution in [0.2, 0.25) is 0 Å². The molecule has 2 heterocycles. The highest BCUT2D eigenvalue weighted by Gasteiger charge is 2.40. The highest BCUT2D eigenvalue weighted by atomic mass is 19.4. The average Bonchev–Trinajstić information content (AvgIpc) is 2.75. The summed E-state index contributed by atoms with van der Waals surface area (Å²) in [7, 11) is 0. The molecule has 0 aromatic carbocycles. The maximum absolute atomic E-state index is 12.3. The van der Waals surface area contributed by atoms with Crippen LogP contribution in [0.1, 0.15) is 26.2 Å². The van der Waals surface area contributed by atoms with Crippen molar-refractivity contribution in [3.63, 3.8) is 0 Å². The number of hydrogen-bond donors (Lipinski definition) is 1. The van der Waals surface area contributed by atoms with Crippen molar-refractivity contribution >= 4 is 0 Å². The molecular weight excluding hydrogens is 217 g/mol. The van der Waals surface area contributed by atoms with Crippen LogP contribution in [-0.2, 0) is 0 Å². The minimum absolute atomic E-state index is 0.418. The van der Waals surface area contributed by atoms with E-state index in [0.29, 0.717) is 31.1 Å². The molecule has 3 unspecified atom stereocenters. The van der Waals surface area contributed by atoms with Gasteiger partial charge in [-0.05, 0) is 31.7 Å². The number of hydrogen-bond acceptors (Lipinski definition) is 2. The van der Waals surface area contributed by atoms with Crippen LogP contribution in [0.15, 0.2) is 0 Å². The highest BCUT2D eigenvalue weighted by molar-refractivity contribution is 4.98. The molecule has 1 N–H and O–H groups in total. The predicted octanol–water partition coefficient (Wildman–Crippen LogP) is 2.01. The molecule has 2 nitrogen and oxygen atoms in total. The Morgan fingerprint density at radius 3 is 2.50 bits per heavy atom. The lowest BCUT2D eigenvalue weighted by Gasteiger charge is -2.28. The van der Waals surface area contributed by atoms with Crippen molar-refractivity contribution in [3.05, 3.63) is 0 Å². The quantitative estimate of drug-likeness (QED) is 0.803. The lowest BCUT2D eigenvalue weighted by Crippen LogP contribution is -2.40. The molecule has 0 aliphatic carbocycles. The number of halogens is 3. The molecule has 2 rings (SSSR count). The summed E-state index contributed by atoms with van der Waals surface area (Å²) < 4.78 is 36.9. The molecule has 94 valence electrons. The Morgan fingerprint density at radius 2 is 2.06 bits per heavy atom. The van der Waals surface area contributed by atoms with E-state index >= 15 is 0 Å². The van der Waals surface area contributed by atoms with Gasteiger partial charge in [-0.2, -0.15) is 13.2 Å². The smallest absolute Gasteiger partial charge is 0.311 e. The highest BCUT2D eigenvalue weighted by Crippen LogP contribution is 2.34. The Hall–Kier alpha value is -0.290. The number of fused-ring (bicyclic) bond motifs is 2. The van der Waals surface area contributed by atoms with Gasteiger partial charge in [0.15, 0.2) is 0 Å². The molecule has 0 radical (unpaired) electrons. The van der Waals surface area contributed by atoms with Gasteiger partial charge in [0.25, 0.3) is 0 Å². The summed E-state index contributed by atoms with van der Waals surface area (Å²) in [6, 6.07) is 1.03. The topological polar surface area (TPSA) is 15.3 Å². The molecule has 0 saturated carbocycles. The zero-order valence-corrected chi connectivity index (χ0v) is 9.56. The molecule has 3 atom stereocenters. The van der Waals surface area contributed by atoms with Crippen molar-refractivity contribution in [2.24, 2.45) is 5.92 Å². The van der Waals surface area contributed by atoms with Gasteiger partial charge in [-0.3, -0.25) is 4.90 Å². The number of rotatable bonds is 4. The third-order valence-electron chi connectivity index (χ3n) is 3.78. The van der Waals surface area contributed by atoms with Gasteiger partial charge >= 0.3 is 6.18 Å². The number of nitrogens with one attached hydrogen (secondary N) is 1. The molecule has 0 spiro atoms. The van der Waals surface area contributed by atoms with E-state index < -0.39 is 12.7 Å². The van der Waals surface area contributed by atoms with E-state index in [-0.39, 0.29) is 0 Å². The van der Waals surface area contributed by atoms with E-state index in [1.165, 1.54) is 11.3 Å². The minimum atomic E-state index is -4.07. The Morgan fingerprint density at radius 1 is 1.31 bits per heavy atom. The first-order chi connectivity index (χ1) is 7.48. The zero-order valence-electron chi connectivity index (χ0n) is 9.56. The first-order valence-electron chi connectivity index (χ1n) is 6.03. The van der Waals surface area contributed by atoms with Crippen molar-refractivity contribution in [1.82, 2.24) is 10.2 Å². The van der Waals surface area contributed by atoms with Crippen LogP contribution in [0, 0.1) is 5.92 Å². The van der Waals surface area contributed by atoms with Gasteiger partial charge in [0.2, 0.25) is 0 Å². The third-order valence-corrected chi connectivity index (χ3v) is 3.78. The molecule has 0 amide bonds. The van der Waals surface area contributed by atoms with Gasteiger partial charge < -0.3 is 5.32 Å². The van der Waals surface area contributed by atoms with Crippen LogP contribution in [0.3, 0.4) is 0 Å². The van der Waals surface area contributed by atoms with Crippen LogP contribution in [-0.4, -0.2) is 42.8 Å². The maximum Gasteiger partial charge on any atom is 0.401 e. The van der Waals surface area contributed by atoms with Gasteiger partial charge in [-0.25, -0.2) is 0 Å². The van der Waals surface area contributed by atoms with Crippen LogP contribution in [0.25, 0.3) is 0 Å². The van der Waals surface area contributed by atoms with Crippen LogP contribution >= 0.6 is 0 Å². The number of nitrogens with zero attached hydrogens (tertiary/aromatic N) is 1. The summed E-state index contributed by atoms with van der Waals surface area (Å²) in [6.07, 6.45) is -0.675. The molecule has 0 aromatic rings. The Balaban J connectivity index is 1.83. The summed E-state index contributed by atoms with van der Waals surface area (Å²) in [5, 5.41) is 3.46. The lowest BCUT2D eigenvalue weighted by molar-refractivity contribution is -0.146. The van der Waals surface area contributed by atoms with E-state index in [2.05, 4.69) is 5.32 Å². The van der Waals surface area contributed by atoms with Crippen molar-refractivity contribution in [2.45, 2.75) is 44.4 Å². The Labute approximate surface area is 94.2 Å². The molecule has 5 heteroatoms. The summed E-state index contributed by atoms with van der Waals surface area (Å²) in [5.41, 5.74) is 0. The van der Waals surface area contributed by atoms with Gasteiger partial charge in [-0.15, -0.1) is 0 Å². The van der Waals surface area contributed by atoms with E-state index in [1.807, 2.05) is 0 Å². The third kappa shape index (κ3) is 2.88. The summed E-state index contributed by atoms with van der Waals surface area (Å²) >= 11 is 0. The van der Waals surface area contributed by atoms with E-state index in [0.717, 1.165) is 12.8 Å². The molecule has 2 bridgehead atoms. The van der Waals surface area contributed by atoms with Crippen molar-refractivity contribution in [3.8, 4) is 0 Å². The van der Waals surface area contributed by atoms with E-state index in [9.17, 15) is 13.2 Å². The SMILES string of the molecule is CCN(CC1CC2CCC1N2)CC(F)(F)F. The van der Waals surface area contributed by atoms with Crippen LogP contribution < -0.4 is 5.32 Å². The Bertz CT molecular complexity index is 242. The summed E-state index contributed by atoms with van der Waals surface area (Å²) in [4.78, 5) is 1.52. The summed E-state index contributed by atoms with van der Waals surface area (Å²) in [6.45, 7) is 2.10. The molecule has 2 aliphatic heterocycles. The van der Waals surface area contributed by atoms with Gasteiger partial charge in [0, 0.05) is 18.6 Å². The van der Waals surface area contributed by atoms with Crippen molar-refractivity contribution < 1.29 is 13.2 Å². The van der Waals surface area contributed by atoms with Crippen LogP contribution in [0.5, 0.6) is 0 Å². The first kappa shape index (κ1) is 12.2. The standard InChI is InChI=1S/C11H19F3N2/c1-2-16(7-11(12,13)14)6-8-5-9-3-4-10(8)15-9/h8-10,15H,2-7H2,1H3. The molecule has 0 aromatic heterocycles. The van der Waals surface area contributed by atoms with E-state index in [4.69, 9.17) is 0 Å². The van der Waals surface area contributed by atoms with Crippen molar-refractivity contribution in [1.29, 1.82) is 0 Å². The molecule has 16 heavy (non-hydrogen) atoms. The normalized spacial score (nSPS) is 33.9. The number of alkyl halides is 3. The fourth-order valence-electron chi connectivity index (χ4n) is 3.03. The van der Waals surface area contributed by atoms with Gasteiger partial charge in [0.1, 0.15) is 0 Å². The second kappa shape index (κ2) is 4.53. The predicted molar refractivity (Wildman–Crippen MR) is 56.2 cm³/mol. The average molecular weight is 236 g/mol. The molecule has 2 fully saturated rings. The zero-order chi connectivity index (χ0) is 11.8. The van der Waals surface area contributed by atoms with E-state index in [1.54, 1.807) is 6.92 Å². The van der Waals surface area contributed by atoms with Gasteiger partial charge in [-0.1, -0.05) is 6.92 Å². The van der Waals surface area contributed by atoms with Crippen LogP contribution in [0.4, 0.5) is 13.2 Å². The fraction of sp³-hybridized carbons (Fsp3) is 1.00. The molecule has 2 aliphatic rings. The monoisotopic (exact) mass is 236 g/mol. The minimum Gasteiger partial charge on any atom is -0.311 e. The van der Waals surface area contributed by atoms with Crippen molar-refractivity contribution in [2.75, 3.05) is 19.6 Å². The molecule has 2 saturated heterocycles. The van der Waals surface area contributed by atoms with Gasteiger partial charge in [0.05, 0.1) is 6.54 Å². The Kier molecular flexibility index (Phi) is 3.45. The second-order valence-corrected chi connectivity index (χ2v) is 4.99. The molecular formula is C11H19F3N2. The second-order valence-electron chi connectivity index (χ2n) is 4.99. The maximum atomic E-state index is 12.3. The first-order valence-corrected chi connectivity index (χ1v) is 6.03.